The summed E-state index contributed by atoms with van der Waals surface area (Å²) in [6.07, 6.45) is 0. The summed E-state index contributed by atoms with van der Waals surface area (Å²) in [5, 5.41) is 0.703. The van der Waals surface area contributed by atoms with E-state index >= 15 is 0 Å². The van der Waals surface area contributed by atoms with Gasteiger partial charge in [-0.25, -0.2) is 0 Å². The highest BCUT2D eigenvalue weighted by Gasteiger charge is 2.44. The minimum Gasteiger partial charge on any atom is -0.495 e. The molecule has 1 aromatic heterocycles. The van der Waals surface area contributed by atoms with Crippen LogP contribution in [0.4, 0.5) is 5.69 Å². The van der Waals surface area contributed by atoms with Crippen LogP contribution in [0, 0.1) is 0 Å². The number of methoxy groups -OCH3 is 1. The second-order valence-electron chi connectivity index (χ2n) is 8.28. The third-order valence-electron chi connectivity index (χ3n) is 6.13. The number of fused-ring (bicyclic) bond motifs is 2. The summed E-state index contributed by atoms with van der Waals surface area (Å²) in [5.74, 6) is 1.10. The first-order valence-corrected chi connectivity index (χ1v) is 12.9. The number of carbonyl (C=O) groups excluding carboxylic acids is 1. The van der Waals surface area contributed by atoms with Crippen LogP contribution in [0.5, 0.6) is 17.2 Å². The van der Waals surface area contributed by atoms with E-state index in [1.807, 2.05) is 19.9 Å². The van der Waals surface area contributed by atoms with E-state index in [4.69, 9.17) is 30.2 Å². The smallest absolute Gasteiger partial charge is 0.295 e. The van der Waals surface area contributed by atoms with Gasteiger partial charge in [-0.1, -0.05) is 33.6 Å². The summed E-state index contributed by atoms with van der Waals surface area (Å²) >= 11 is 9.85. The SMILES string of the molecule is CCOc1ccc(C2c3c(oc4ccc(Br)cc4c3=O)C(=O)N2c2ccc(OC)c(Cl)c2)cc1OCC. The van der Waals surface area contributed by atoms with E-state index in [1.165, 1.54) is 12.0 Å². The number of hydrogen-bond donors (Lipinski definition) is 0. The van der Waals surface area contributed by atoms with E-state index in [2.05, 4.69) is 15.9 Å². The van der Waals surface area contributed by atoms with Crippen LogP contribution >= 0.6 is 27.5 Å². The van der Waals surface area contributed by atoms with Gasteiger partial charge in [0.05, 0.1) is 42.3 Å². The largest absolute Gasteiger partial charge is 0.495 e. The molecule has 2 heterocycles. The average molecular weight is 585 g/mol. The van der Waals surface area contributed by atoms with Crippen LogP contribution in [0.25, 0.3) is 11.0 Å². The van der Waals surface area contributed by atoms with Crippen molar-refractivity contribution in [1.82, 2.24) is 0 Å². The number of nitrogens with zero attached hydrogens (tertiary/aromatic N) is 1. The quantitative estimate of drug-likeness (QED) is 0.239. The van der Waals surface area contributed by atoms with Crippen LogP contribution in [-0.2, 0) is 0 Å². The highest BCUT2D eigenvalue weighted by Crippen LogP contribution is 2.44. The predicted molar refractivity (Wildman–Crippen MR) is 146 cm³/mol. The molecule has 1 unspecified atom stereocenters. The molecule has 0 N–H and O–H groups in total. The molecule has 1 amide bonds. The molecule has 9 heteroatoms. The first-order chi connectivity index (χ1) is 17.9. The van der Waals surface area contributed by atoms with Crippen molar-refractivity contribution in [3.05, 3.63) is 91.2 Å². The Balaban J connectivity index is 1.78. The molecule has 5 rings (SSSR count). The minimum absolute atomic E-state index is 0.0105. The molecular formula is C28H23BrClNO6. The monoisotopic (exact) mass is 583 g/mol. The van der Waals surface area contributed by atoms with Gasteiger partial charge in [0, 0.05) is 10.2 Å². The number of ether oxygens (including phenoxy) is 3. The molecular weight excluding hydrogens is 562 g/mol. The fourth-order valence-electron chi connectivity index (χ4n) is 4.57. The lowest BCUT2D eigenvalue weighted by molar-refractivity contribution is 0.0971. The molecule has 0 saturated heterocycles. The van der Waals surface area contributed by atoms with Crippen molar-refractivity contribution in [2.75, 3.05) is 25.2 Å². The van der Waals surface area contributed by atoms with E-state index in [0.29, 0.717) is 57.7 Å². The topological polar surface area (TPSA) is 78.2 Å². The lowest BCUT2D eigenvalue weighted by Gasteiger charge is -2.26. The minimum atomic E-state index is -0.790. The van der Waals surface area contributed by atoms with Gasteiger partial charge >= 0.3 is 0 Å². The van der Waals surface area contributed by atoms with E-state index in [-0.39, 0.29) is 16.8 Å². The van der Waals surface area contributed by atoms with E-state index in [9.17, 15) is 9.59 Å². The maximum Gasteiger partial charge on any atom is 0.295 e. The lowest BCUT2D eigenvalue weighted by Crippen LogP contribution is -2.29. The molecule has 0 radical (unpaired) electrons. The summed E-state index contributed by atoms with van der Waals surface area (Å²) in [5.41, 5.74) is 1.44. The predicted octanol–water partition coefficient (Wildman–Crippen LogP) is 6.76. The number of hydrogen-bond acceptors (Lipinski definition) is 6. The molecule has 0 aliphatic carbocycles. The van der Waals surface area contributed by atoms with Crippen LogP contribution in [0.3, 0.4) is 0 Å². The highest BCUT2D eigenvalue weighted by atomic mass is 79.9. The zero-order valence-corrected chi connectivity index (χ0v) is 22.7. The van der Waals surface area contributed by atoms with Crippen molar-refractivity contribution in [2.24, 2.45) is 0 Å². The molecule has 0 saturated carbocycles. The Morgan fingerprint density at radius 2 is 1.68 bits per heavy atom. The van der Waals surface area contributed by atoms with Gasteiger partial charge in [-0.3, -0.25) is 14.5 Å². The first-order valence-electron chi connectivity index (χ1n) is 11.7. The van der Waals surface area contributed by atoms with Gasteiger partial charge in [0.15, 0.2) is 16.9 Å². The first kappa shape index (κ1) is 25.2. The molecule has 190 valence electrons. The summed E-state index contributed by atoms with van der Waals surface area (Å²) in [7, 11) is 1.52. The van der Waals surface area contributed by atoms with Crippen LogP contribution in [0.2, 0.25) is 5.02 Å². The molecule has 4 aromatic rings. The van der Waals surface area contributed by atoms with Crippen LogP contribution in [0.1, 0.15) is 41.6 Å². The van der Waals surface area contributed by atoms with Crippen LogP contribution in [-0.4, -0.2) is 26.2 Å². The Kier molecular flexibility index (Phi) is 6.88. The van der Waals surface area contributed by atoms with E-state index in [1.54, 1.807) is 48.5 Å². The molecule has 1 aliphatic rings. The van der Waals surface area contributed by atoms with Crippen molar-refractivity contribution in [2.45, 2.75) is 19.9 Å². The molecule has 37 heavy (non-hydrogen) atoms. The second-order valence-corrected chi connectivity index (χ2v) is 9.61. The molecule has 1 aliphatic heterocycles. The Morgan fingerprint density at radius 3 is 2.38 bits per heavy atom. The van der Waals surface area contributed by atoms with Gasteiger partial charge in [-0.2, -0.15) is 0 Å². The summed E-state index contributed by atoms with van der Waals surface area (Å²) in [4.78, 5) is 29.2. The second kappa shape index (κ2) is 10.1. The van der Waals surface area contributed by atoms with Gasteiger partial charge in [0.1, 0.15) is 11.3 Å². The molecule has 3 aromatic carbocycles. The lowest BCUT2D eigenvalue weighted by atomic mass is 9.97. The Bertz CT molecular complexity index is 1580. The summed E-state index contributed by atoms with van der Waals surface area (Å²) < 4.78 is 23.6. The average Bonchev–Trinajstić information content (AvgIpc) is 3.18. The van der Waals surface area contributed by atoms with Crippen LogP contribution < -0.4 is 24.5 Å². The van der Waals surface area contributed by atoms with Crippen molar-refractivity contribution < 1.29 is 23.4 Å². The number of anilines is 1. The van der Waals surface area contributed by atoms with Crippen molar-refractivity contribution in [3.8, 4) is 17.2 Å². The standard InChI is InChI=1S/C28H23BrClNO6/c1-4-35-22-9-6-15(12-23(22)36-5-2)25-24-26(32)18-13-16(29)7-10-20(18)37-27(24)28(33)31(25)17-8-11-21(34-3)19(30)14-17/h6-14,25H,4-5H2,1-3H3. The Hall–Kier alpha value is -3.49. The zero-order chi connectivity index (χ0) is 26.3. The van der Waals surface area contributed by atoms with Gasteiger partial charge in [-0.15, -0.1) is 0 Å². The third-order valence-corrected chi connectivity index (χ3v) is 6.92. The van der Waals surface area contributed by atoms with Gasteiger partial charge < -0.3 is 18.6 Å². The highest BCUT2D eigenvalue weighted by molar-refractivity contribution is 9.10. The molecule has 1 atom stereocenters. The van der Waals surface area contributed by atoms with Gasteiger partial charge in [-0.05, 0) is 67.9 Å². The maximum atomic E-state index is 13.9. The zero-order valence-electron chi connectivity index (χ0n) is 20.3. The van der Waals surface area contributed by atoms with Gasteiger partial charge in [0.2, 0.25) is 5.76 Å². The molecule has 0 fully saturated rings. The molecule has 0 spiro atoms. The summed E-state index contributed by atoms with van der Waals surface area (Å²) in [6, 6.07) is 14.8. The van der Waals surface area contributed by atoms with Crippen molar-refractivity contribution in [3.63, 3.8) is 0 Å². The fraction of sp³-hybridized carbons (Fsp3) is 0.214. The molecule has 0 bridgehead atoms. The number of halogens is 2. The Labute approximate surface area is 226 Å². The normalized spacial score (nSPS) is 14.7. The van der Waals surface area contributed by atoms with Gasteiger partial charge in [0.25, 0.3) is 5.91 Å². The molecule has 7 nitrogen and oxygen atoms in total. The van der Waals surface area contributed by atoms with E-state index in [0.717, 1.165) is 4.47 Å². The Morgan fingerprint density at radius 1 is 0.946 bits per heavy atom. The maximum absolute atomic E-state index is 13.9. The van der Waals surface area contributed by atoms with Crippen molar-refractivity contribution in [1.29, 1.82) is 0 Å². The number of amides is 1. The summed E-state index contributed by atoms with van der Waals surface area (Å²) in [6.45, 7) is 4.65. The number of carbonyl (C=O) groups is 1. The van der Waals surface area contributed by atoms with E-state index < -0.39 is 11.9 Å². The number of rotatable bonds is 7. The van der Waals surface area contributed by atoms with Crippen molar-refractivity contribution >= 4 is 50.1 Å². The third kappa shape index (κ3) is 4.34. The fourth-order valence-corrected chi connectivity index (χ4v) is 5.18. The van der Waals surface area contributed by atoms with Crippen LogP contribution in [0.15, 0.2) is 68.3 Å². The number of benzene rings is 3.